The Bertz CT molecular complexity index is 514. The van der Waals surface area contributed by atoms with Crippen LogP contribution in [0.5, 0.6) is 0 Å². The summed E-state index contributed by atoms with van der Waals surface area (Å²) in [6.45, 7) is 6.44. The van der Waals surface area contributed by atoms with Gasteiger partial charge in [-0.2, -0.15) is 0 Å². The van der Waals surface area contributed by atoms with E-state index in [0.717, 1.165) is 29.5 Å². The third kappa shape index (κ3) is 3.18. The zero-order valence-corrected chi connectivity index (χ0v) is 12.3. The van der Waals surface area contributed by atoms with Gasteiger partial charge in [0.15, 0.2) is 6.10 Å². The standard InChI is InChI=1S/C16H21NO3/c1-10-8-11(2)14(12(3)9-10)16(19)20-13-6-4-5-7-17-15(13)18/h8-9,13H,4-7H2,1-3H3,(H,17,18). The summed E-state index contributed by atoms with van der Waals surface area (Å²) in [5, 5.41) is 2.77. The summed E-state index contributed by atoms with van der Waals surface area (Å²) in [7, 11) is 0. The van der Waals surface area contributed by atoms with Crippen LogP contribution in [0.15, 0.2) is 12.1 Å². The van der Waals surface area contributed by atoms with Crippen LogP contribution in [0, 0.1) is 20.8 Å². The van der Waals surface area contributed by atoms with Crippen molar-refractivity contribution in [2.45, 2.75) is 46.1 Å². The highest BCUT2D eigenvalue weighted by Crippen LogP contribution is 2.19. The summed E-state index contributed by atoms with van der Waals surface area (Å²) in [5.41, 5.74) is 3.47. The van der Waals surface area contributed by atoms with E-state index in [1.54, 1.807) is 0 Å². The molecule has 0 saturated carbocycles. The van der Waals surface area contributed by atoms with Gasteiger partial charge in [0.25, 0.3) is 5.91 Å². The predicted molar refractivity (Wildman–Crippen MR) is 76.7 cm³/mol. The second-order valence-electron chi connectivity index (χ2n) is 5.45. The van der Waals surface area contributed by atoms with Crippen molar-refractivity contribution in [2.24, 2.45) is 0 Å². The van der Waals surface area contributed by atoms with Gasteiger partial charge < -0.3 is 10.1 Å². The number of rotatable bonds is 2. The number of amides is 1. The zero-order chi connectivity index (χ0) is 14.7. The highest BCUT2D eigenvalue weighted by molar-refractivity contribution is 5.95. The summed E-state index contributed by atoms with van der Waals surface area (Å²) in [6, 6.07) is 3.91. The van der Waals surface area contributed by atoms with Gasteiger partial charge >= 0.3 is 5.97 Å². The maximum Gasteiger partial charge on any atom is 0.339 e. The molecule has 0 spiro atoms. The fourth-order valence-electron chi connectivity index (χ4n) is 2.71. The van der Waals surface area contributed by atoms with Crippen molar-refractivity contribution in [3.05, 3.63) is 34.4 Å². The maximum atomic E-state index is 12.3. The Balaban J connectivity index is 2.17. The number of ether oxygens (including phenoxy) is 1. The van der Waals surface area contributed by atoms with E-state index in [2.05, 4.69) is 5.32 Å². The van der Waals surface area contributed by atoms with Crippen molar-refractivity contribution in [3.63, 3.8) is 0 Å². The molecule has 1 unspecified atom stereocenters. The number of esters is 1. The highest BCUT2D eigenvalue weighted by atomic mass is 16.5. The lowest BCUT2D eigenvalue weighted by atomic mass is 10.00. The average molecular weight is 275 g/mol. The first-order valence-corrected chi connectivity index (χ1v) is 7.05. The van der Waals surface area contributed by atoms with Gasteiger partial charge in [0, 0.05) is 6.54 Å². The minimum Gasteiger partial charge on any atom is -0.449 e. The van der Waals surface area contributed by atoms with Crippen LogP contribution in [-0.4, -0.2) is 24.5 Å². The molecule has 2 rings (SSSR count). The molecule has 4 heteroatoms. The van der Waals surface area contributed by atoms with Crippen LogP contribution in [-0.2, 0) is 9.53 Å². The SMILES string of the molecule is Cc1cc(C)c(C(=O)OC2CCCCNC2=O)c(C)c1. The molecule has 1 N–H and O–H groups in total. The van der Waals surface area contributed by atoms with Gasteiger partial charge in [-0.15, -0.1) is 0 Å². The molecule has 4 nitrogen and oxygen atoms in total. The lowest BCUT2D eigenvalue weighted by Crippen LogP contribution is -2.36. The van der Waals surface area contributed by atoms with Crippen LogP contribution in [0.3, 0.4) is 0 Å². The Morgan fingerprint density at radius 3 is 2.50 bits per heavy atom. The lowest BCUT2D eigenvalue weighted by molar-refractivity contribution is -0.129. The van der Waals surface area contributed by atoms with E-state index in [-0.39, 0.29) is 5.91 Å². The number of carbonyl (C=O) groups excluding carboxylic acids is 2. The Labute approximate surface area is 119 Å². The van der Waals surface area contributed by atoms with Crippen molar-refractivity contribution in [2.75, 3.05) is 6.54 Å². The topological polar surface area (TPSA) is 55.4 Å². The van der Waals surface area contributed by atoms with Crippen molar-refractivity contribution in [3.8, 4) is 0 Å². The number of aryl methyl sites for hydroxylation is 3. The van der Waals surface area contributed by atoms with Gasteiger partial charge in [-0.25, -0.2) is 4.79 Å². The molecule has 0 aromatic heterocycles. The Kier molecular flexibility index (Phi) is 4.42. The fraction of sp³-hybridized carbons (Fsp3) is 0.500. The Hall–Kier alpha value is -1.84. The first-order valence-electron chi connectivity index (χ1n) is 7.05. The van der Waals surface area contributed by atoms with Crippen molar-refractivity contribution >= 4 is 11.9 Å². The van der Waals surface area contributed by atoms with Crippen LogP contribution in [0.25, 0.3) is 0 Å². The molecule has 1 aromatic carbocycles. The molecular formula is C16H21NO3. The van der Waals surface area contributed by atoms with E-state index in [1.165, 1.54) is 0 Å². The third-order valence-electron chi connectivity index (χ3n) is 3.62. The molecule has 0 aliphatic carbocycles. The molecule has 1 saturated heterocycles. The van der Waals surface area contributed by atoms with E-state index < -0.39 is 12.1 Å². The summed E-state index contributed by atoms with van der Waals surface area (Å²) >= 11 is 0. The number of hydrogen-bond donors (Lipinski definition) is 1. The zero-order valence-electron chi connectivity index (χ0n) is 12.3. The van der Waals surface area contributed by atoms with E-state index in [0.29, 0.717) is 18.5 Å². The first kappa shape index (κ1) is 14.6. The molecule has 20 heavy (non-hydrogen) atoms. The normalized spacial score (nSPS) is 19.1. The van der Waals surface area contributed by atoms with Crippen molar-refractivity contribution < 1.29 is 14.3 Å². The highest BCUT2D eigenvalue weighted by Gasteiger charge is 2.26. The minimum atomic E-state index is -0.662. The molecule has 1 aliphatic heterocycles. The second kappa shape index (κ2) is 6.07. The molecule has 1 heterocycles. The summed E-state index contributed by atoms with van der Waals surface area (Å²) in [4.78, 5) is 24.1. The fourth-order valence-corrected chi connectivity index (χ4v) is 2.71. The number of hydrogen-bond acceptors (Lipinski definition) is 3. The summed E-state index contributed by atoms with van der Waals surface area (Å²) < 4.78 is 5.42. The molecule has 1 aromatic rings. The predicted octanol–water partition coefficient (Wildman–Crippen LogP) is 2.44. The molecule has 1 fully saturated rings. The minimum absolute atomic E-state index is 0.182. The van der Waals surface area contributed by atoms with Gasteiger partial charge in [-0.1, -0.05) is 17.7 Å². The van der Waals surface area contributed by atoms with Crippen molar-refractivity contribution in [1.29, 1.82) is 0 Å². The molecule has 1 aliphatic rings. The molecule has 108 valence electrons. The van der Waals surface area contributed by atoms with Gasteiger partial charge in [-0.05, 0) is 51.2 Å². The van der Waals surface area contributed by atoms with Crippen LogP contribution in [0.2, 0.25) is 0 Å². The molecular weight excluding hydrogens is 254 g/mol. The Morgan fingerprint density at radius 2 is 1.85 bits per heavy atom. The number of nitrogens with one attached hydrogen (secondary N) is 1. The van der Waals surface area contributed by atoms with Crippen LogP contribution < -0.4 is 5.32 Å². The molecule has 1 atom stereocenters. The summed E-state index contributed by atoms with van der Waals surface area (Å²) in [6.07, 6.45) is 1.76. The lowest BCUT2D eigenvalue weighted by Gasteiger charge is -2.16. The van der Waals surface area contributed by atoms with Crippen LogP contribution in [0.4, 0.5) is 0 Å². The van der Waals surface area contributed by atoms with E-state index in [9.17, 15) is 9.59 Å². The van der Waals surface area contributed by atoms with Crippen molar-refractivity contribution in [1.82, 2.24) is 5.32 Å². The van der Waals surface area contributed by atoms with E-state index in [4.69, 9.17) is 4.74 Å². The number of benzene rings is 1. The van der Waals surface area contributed by atoms with Gasteiger partial charge in [-0.3, -0.25) is 4.79 Å². The summed E-state index contributed by atoms with van der Waals surface area (Å²) in [5.74, 6) is -0.583. The third-order valence-corrected chi connectivity index (χ3v) is 3.62. The average Bonchev–Trinajstić information content (AvgIpc) is 2.53. The number of carbonyl (C=O) groups is 2. The van der Waals surface area contributed by atoms with Gasteiger partial charge in [0.2, 0.25) is 0 Å². The quantitative estimate of drug-likeness (QED) is 0.843. The largest absolute Gasteiger partial charge is 0.449 e. The van der Waals surface area contributed by atoms with Crippen LogP contribution >= 0.6 is 0 Å². The first-order chi connectivity index (χ1) is 9.49. The maximum absolute atomic E-state index is 12.3. The van der Waals surface area contributed by atoms with Crippen LogP contribution in [0.1, 0.15) is 46.3 Å². The van der Waals surface area contributed by atoms with Gasteiger partial charge in [0.05, 0.1) is 5.56 Å². The second-order valence-corrected chi connectivity index (χ2v) is 5.45. The van der Waals surface area contributed by atoms with Gasteiger partial charge in [0.1, 0.15) is 0 Å². The molecule has 1 amide bonds. The monoisotopic (exact) mass is 275 g/mol. The smallest absolute Gasteiger partial charge is 0.339 e. The molecule has 0 bridgehead atoms. The Morgan fingerprint density at radius 1 is 1.20 bits per heavy atom. The van der Waals surface area contributed by atoms with E-state index >= 15 is 0 Å². The molecule has 0 radical (unpaired) electrons. The van der Waals surface area contributed by atoms with E-state index in [1.807, 2.05) is 32.9 Å².